The molecule has 6 nitrogen and oxygen atoms in total. The molecule has 1 aromatic rings. The van der Waals surface area contributed by atoms with Crippen LogP contribution in [0.3, 0.4) is 0 Å². The third kappa shape index (κ3) is 3.20. The van der Waals surface area contributed by atoms with Gasteiger partial charge in [0.1, 0.15) is 5.82 Å². The van der Waals surface area contributed by atoms with E-state index in [0.717, 1.165) is 31.7 Å². The van der Waals surface area contributed by atoms with Crippen LogP contribution in [0.4, 0.5) is 11.8 Å². The molecule has 94 valence electrons. The van der Waals surface area contributed by atoms with Gasteiger partial charge in [-0.05, 0) is 33.0 Å². The lowest BCUT2D eigenvalue weighted by Crippen LogP contribution is -2.36. The standard InChI is InChI=1S/C11H19N5O/c1-16-5-3-8(4-6-16)13-9-7-10(17-2)15-11(12)14-9/h7-8H,3-6H2,1-2H3,(H3,12,13,14,15). The van der Waals surface area contributed by atoms with E-state index in [1.165, 1.54) is 0 Å². The summed E-state index contributed by atoms with van der Waals surface area (Å²) in [6.07, 6.45) is 2.23. The first kappa shape index (κ1) is 11.9. The molecule has 0 bridgehead atoms. The fourth-order valence-corrected chi connectivity index (χ4v) is 1.98. The first-order valence-corrected chi connectivity index (χ1v) is 5.81. The highest BCUT2D eigenvalue weighted by atomic mass is 16.5. The summed E-state index contributed by atoms with van der Waals surface area (Å²) in [5.41, 5.74) is 5.61. The minimum Gasteiger partial charge on any atom is -0.481 e. The number of nitrogen functional groups attached to an aromatic ring is 1. The number of anilines is 2. The summed E-state index contributed by atoms with van der Waals surface area (Å²) in [5, 5.41) is 3.38. The van der Waals surface area contributed by atoms with Crippen molar-refractivity contribution in [2.75, 3.05) is 38.3 Å². The molecule has 2 rings (SSSR count). The van der Waals surface area contributed by atoms with Crippen LogP contribution in [0.15, 0.2) is 6.07 Å². The van der Waals surface area contributed by atoms with E-state index in [1.807, 2.05) is 0 Å². The third-order valence-corrected chi connectivity index (χ3v) is 3.00. The molecular weight excluding hydrogens is 218 g/mol. The van der Waals surface area contributed by atoms with Crippen molar-refractivity contribution < 1.29 is 4.74 Å². The van der Waals surface area contributed by atoms with Gasteiger partial charge in [-0.1, -0.05) is 0 Å². The highest BCUT2D eigenvalue weighted by Crippen LogP contribution is 2.18. The van der Waals surface area contributed by atoms with Gasteiger partial charge < -0.3 is 20.7 Å². The number of hydrogen-bond acceptors (Lipinski definition) is 6. The molecule has 1 fully saturated rings. The summed E-state index contributed by atoms with van der Waals surface area (Å²) in [6, 6.07) is 2.22. The van der Waals surface area contributed by atoms with Crippen LogP contribution < -0.4 is 15.8 Å². The van der Waals surface area contributed by atoms with Crippen molar-refractivity contribution in [3.8, 4) is 5.88 Å². The SMILES string of the molecule is COc1cc(NC2CCN(C)CC2)nc(N)n1. The minimum atomic E-state index is 0.236. The maximum absolute atomic E-state index is 5.61. The summed E-state index contributed by atoms with van der Waals surface area (Å²) < 4.78 is 5.06. The van der Waals surface area contributed by atoms with Crippen LogP contribution in [0.5, 0.6) is 5.88 Å². The zero-order chi connectivity index (χ0) is 12.3. The molecule has 0 amide bonds. The number of nitrogens with zero attached hydrogens (tertiary/aromatic N) is 3. The van der Waals surface area contributed by atoms with Crippen molar-refractivity contribution in [3.63, 3.8) is 0 Å². The highest BCUT2D eigenvalue weighted by Gasteiger charge is 2.17. The molecule has 1 aromatic heterocycles. The quantitative estimate of drug-likeness (QED) is 0.800. The Morgan fingerprint density at radius 2 is 2.12 bits per heavy atom. The van der Waals surface area contributed by atoms with Crippen LogP contribution in [0.1, 0.15) is 12.8 Å². The number of nitrogens with two attached hydrogens (primary N) is 1. The van der Waals surface area contributed by atoms with Gasteiger partial charge in [0.25, 0.3) is 0 Å². The second kappa shape index (κ2) is 5.18. The lowest BCUT2D eigenvalue weighted by molar-refractivity contribution is 0.263. The lowest BCUT2D eigenvalue weighted by atomic mass is 10.1. The fourth-order valence-electron chi connectivity index (χ4n) is 1.98. The van der Waals surface area contributed by atoms with Crippen LogP contribution in [0.2, 0.25) is 0 Å². The maximum Gasteiger partial charge on any atom is 0.225 e. The highest BCUT2D eigenvalue weighted by molar-refractivity contribution is 5.43. The molecule has 0 saturated carbocycles. The third-order valence-electron chi connectivity index (χ3n) is 3.00. The minimum absolute atomic E-state index is 0.236. The fraction of sp³-hybridized carbons (Fsp3) is 0.636. The molecule has 2 heterocycles. The lowest BCUT2D eigenvalue weighted by Gasteiger charge is -2.29. The van der Waals surface area contributed by atoms with Crippen LogP contribution in [0.25, 0.3) is 0 Å². The van der Waals surface area contributed by atoms with Crippen molar-refractivity contribution >= 4 is 11.8 Å². The molecule has 0 aliphatic carbocycles. The van der Waals surface area contributed by atoms with E-state index in [2.05, 4.69) is 27.2 Å². The molecule has 0 aromatic carbocycles. The van der Waals surface area contributed by atoms with E-state index < -0.39 is 0 Å². The van der Waals surface area contributed by atoms with Gasteiger partial charge in [0.05, 0.1) is 7.11 Å². The van der Waals surface area contributed by atoms with E-state index in [0.29, 0.717) is 11.9 Å². The van der Waals surface area contributed by atoms with Gasteiger partial charge >= 0.3 is 0 Å². The van der Waals surface area contributed by atoms with Gasteiger partial charge in [-0.25, -0.2) is 0 Å². The van der Waals surface area contributed by atoms with Crippen molar-refractivity contribution in [2.45, 2.75) is 18.9 Å². The Bertz CT molecular complexity index is 376. The van der Waals surface area contributed by atoms with Crippen molar-refractivity contribution in [1.82, 2.24) is 14.9 Å². The number of nitrogens with one attached hydrogen (secondary N) is 1. The van der Waals surface area contributed by atoms with Gasteiger partial charge in [-0.2, -0.15) is 9.97 Å². The number of rotatable bonds is 3. The zero-order valence-corrected chi connectivity index (χ0v) is 10.3. The second-order valence-corrected chi connectivity index (χ2v) is 4.38. The van der Waals surface area contributed by atoms with Crippen molar-refractivity contribution in [3.05, 3.63) is 6.07 Å². The number of aromatic nitrogens is 2. The predicted octanol–water partition coefficient (Wildman–Crippen LogP) is 0.573. The van der Waals surface area contributed by atoms with Gasteiger partial charge in [-0.15, -0.1) is 0 Å². The number of methoxy groups -OCH3 is 1. The Kier molecular flexibility index (Phi) is 3.63. The number of likely N-dealkylation sites (tertiary alicyclic amines) is 1. The summed E-state index contributed by atoms with van der Waals surface area (Å²) in [4.78, 5) is 10.4. The summed E-state index contributed by atoms with van der Waals surface area (Å²) in [7, 11) is 3.71. The molecule has 6 heteroatoms. The van der Waals surface area contributed by atoms with Crippen LogP contribution >= 0.6 is 0 Å². The monoisotopic (exact) mass is 237 g/mol. The normalized spacial score (nSPS) is 18.0. The number of hydrogen-bond donors (Lipinski definition) is 2. The first-order chi connectivity index (χ1) is 8.17. The number of piperidine rings is 1. The van der Waals surface area contributed by atoms with Crippen molar-refractivity contribution in [1.29, 1.82) is 0 Å². The van der Waals surface area contributed by atoms with Gasteiger partial charge in [-0.3, -0.25) is 0 Å². The molecule has 3 N–H and O–H groups in total. The predicted molar refractivity (Wildman–Crippen MR) is 67.1 cm³/mol. The Hall–Kier alpha value is -1.56. The molecule has 17 heavy (non-hydrogen) atoms. The maximum atomic E-state index is 5.61. The Morgan fingerprint density at radius 3 is 2.76 bits per heavy atom. The Labute approximate surface area is 101 Å². The van der Waals surface area contributed by atoms with Crippen LogP contribution in [-0.4, -0.2) is 48.2 Å². The molecule has 1 saturated heterocycles. The van der Waals surface area contributed by atoms with Crippen molar-refractivity contribution in [2.24, 2.45) is 0 Å². The summed E-state index contributed by atoms with van der Waals surface area (Å²) in [5.74, 6) is 1.47. The Morgan fingerprint density at radius 1 is 1.41 bits per heavy atom. The average molecular weight is 237 g/mol. The van der Waals surface area contributed by atoms with Gasteiger partial charge in [0.15, 0.2) is 0 Å². The molecule has 0 spiro atoms. The van der Waals surface area contributed by atoms with Gasteiger partial charge in [0, 0.05) is 12.1 Å². The molecule has 1 aliphatic heterocycles. The van der Waals surface area contributed by atoms with Crippen LogP contribution in [-0.2, 0) is 0 Å². The smallest absolute Gasteiger partial charge is 0.225 e. The second-order valence-electron chi connectivity index (χ2n) is 4.38. The Balaban J connectivity index is 2.00. The van der Waals surface area contributed by atoms with Crippen LogP contribution in [0, 0.1) is 0 Å². The molecule has 0 radical (unpaired) electrons. The zero-order valence-electron chi connectivity index (χ0n) is 10.3. The summed E-state index contributed by atoms with van der Waals surface area (Å²) in [6.45, 7) is 2.21. The van der Waals surface area contributed by atoms with Gasteiger partial charge in [0.2, 0.25) is 11.8 Å². The van der Waals surface area contributed by atoms with E-state index in [-0.39, 0.29) is 5.95 Å². The summed E-state index contributed by atoms with van der Waals surface area (Å²) >= 11 is 0. The average Bonchev–Trinajstić information content (AvgIpc) is 2.31. The largest absolute Gasteiger partial charge is 0.481 e. The first-order valence-electron chi connectivity index (χ1n) is 5.81. The van der Waals surface area contributed by atoms with E-state index in [4.69, 9.17) is 10.5 Å². The van der Waals surface area contributed by atoms with E-state index in [9.17, 15) is 0 Å². The van der Waals surface area contributed by atoms with E-state index >= 15 is 0 Å². The van der Waals surface area contributed by atoms with E-state index in [1.54, 1.807) is 13.2 Å². The molecule has 0 atom stereocenters. The molecular formula is C11H19N5O. The molecule has 1 aliphatic rings. The topological polar surface area (TPSA) is 76.3 Å². The number of ether oxygens (including phenoxy) is 1. The molecule has 0 unspecified atom stereocenters.